The number of hydrogen-bond donors (Lipinski definition) is 2. The molecule has 1 aliphatic heterocycles. The van der Waals surface area contributed by atoms with Gasteiger partial charge < -0.3 is 10.2 Å². The highest BCUT2D eigenvalue weighted by atomic mass is 16.3. The second-order valence-electron chi connectivity index (χ2n) is 4.79. The Kier molecular flexibility index (Phi) is 2.52. The van der Waals surface area contributed by atoms with Gasteiger partial charge in [0.05, 0.1) is 0 Å². The van der Waals surface area contributed by atoms with E-state index in [0.717, 1.165) is 17.7 Å². The highest BCUT2D eigenvalue weighted by Gasteiger charge is 2.29. The van der Waals surface area contributed by atoms with E-state index in [-0.39, 0.29) is 11.8 Å². The lowest BCUT2D eigenvalue weighted by atomic mass is 10.2. The van der Waals surface area contributed by atoms with Crippen molar-refractivity contribution in [3.8, 4) is 11.8 Å². The van der Waals surface area contributed by atoms with E-state index < -0.39 is 0 Å². The zero-order valence-corrected chi connectivity index (χ0v) is 10.3. The third kappa shape index (κ3) is 1.66. The summed E-state index contributed by atoms with van der Waals surface area (Å²) in [6.45, 7) is 2.20. The maximum Gasteiger partial charge on any atom is 0.198 e. The maximum atomic E-state index is 9.90. The van der Waals surface area contributed by atoms with E-state index in [9.17, 15) is 10.2 Å². The van der Waals surface area contributed by atoms with Gasteiger partial charge in [-0.2, -0.15) is 0 Å². The SMILES string of the molecule is Cn1c(O)c2c(c1O)CN(Cc1ccccc1)C2. The number of benzene rings is 1. The summed E-state index contributed by atoms with van der Waals surface area (Å²) in [5, 5.41) is 19.8. The number of hydrogen-bond acceptors (Lipinski definition) is 3. The Morgan fingerprint density at radius 1 is 1.00 bits per heavy atom. The van der Waals surface area contributed by atoms with Gasteiger partial charge >= 0.3 is 0 Å². The van der Waals surface area contributed by atoms with Gasteiger partial charge in [-0.15, -0.1) is 0 Å². The van der Waals surface area contributed by atoms with Crippen LogP contribution in [0.5, 0.6) is 11.8 Å². The van der Waals surface area contributed by atoms with Crippen molar-refractivity contribution in [3.63, 3.8) is 0 Å². The lowest BCUT2D eigenvalue weighted by Gasteiger charge is -2.15. The van der Waals surface area contributed by atoms with Gasteiger partial charge in [0.15, 0.2) is 11.8 Å². The van der Waals surface area contributed by atoms with Gasteiger partial charge in [-0.1, -0.05) is 30.3 Å². The van der Waals surface area contributed by atoms with Crippen LogP contribution >= 0.6 is 0 Å². The fourth-order valence-electron chi connectivity index (χ4n) is 2.56. The van der Waals surface area contributed by atoms with Crippen LogP contribution in [0.3, 0.4) is 0 Å². The third-order valence-electron chi connectivity index (χ3n) is 3.55. The van der Waals surface area contributed by atoms with E-state index in [4.69, 9.17) is 0 Å². The second-order valence-corrected chi connectivity index (χ2v) is 4.79. The number of fused-ring (bicyclic) bond motifs is 1. The van der Waals surface area contributed by atoms with E-state index in [1.165, 1.54) is 10.1 Å². The molecule has 2 N–H and O–H groups in total. The smallest absolute Gasteiger partial charge is 0.198 e. The molecule has 0 saturated carbocycles. The normalized spacial score (nSPS) is 14.9. The molecule has 94 valence electrons. The van der Waals surface area contributed by atoms with Crippen molar-refractivity contribution in [1.82, 2.24) is 9.47 Å². The van der Waals surface area contributed by atoms with Crippen molar-refractivity contribution in [2.75, 3.05) is 0 Å². The quantitative estimate of drug-likeness (QED) is 0.849. The molecule has 0 fully saturated rings. The molecule has 2 heterocycles. The number of aromatic nitrogens is 1. The summed E-state index contributed by atoms with van der Waals surface area (Å²) in [7, 11) is 1.67. The van der Waals surface area contributed by atoms with E-state index in [0.29, 0.717) is 13.1 Å². The Morgan fingerprint density at radius 2 is 1.56 bits per heavy atom. The number of rotatable bonds is 2. The highest BCUT2D eigenvalue weighted by Crippen LogP contribution is 2.39. The predicted octanol–water partition coefficient (Wildman–Crippen LogP) is 1.95. The van der Waals surface area contributed by atoms with Gasteiger partial charge in [-0.25, -0.2) is 0 Å². The van der Waals surface area contributed by atoms with E-state index in [2.05, 4.69) is 17.0 Å². The second kappa shape index (κ2) is 4.07. The Hall–Kier alpha value is -1.94. The molecule has 0 spiro atoms. The summed E-state index contributed by atoms with van der Waals surface area (Å²) in [5.74, 6) is 0.358. The Morgan fingerprint density at radius 3 is 2.11 bits per heavy atom. The van der Waals surface area contributed by atoms with Crippen LogP contribution in [-0.4, -0.2) is 19.7 Å². The first kappa shape index (κ1) is 11.2. The summed E-state index contributed by atoms with van der Waals surface area (Å²) >= 11 is 0. The average molecular weight is 244 g/mol. The Labute approximate surface area is 106 Å². The minimum absolute atomic E-state index is 0.179. The average Bonchev–Trinajstić information content (AvgIpc) is 2.88. The van der Waals surface area contributed by atoms with Crippen LogP contribution in [0.15, 0.2) is 30.3 Å². The molecule has 0 aliphatic carbocycles. The van der Waals surface area contributed by atoms with Crippen LogP contribution in [0.2, 0.25) is 0 Å². The minimum atomic E-state index is 0.179. The molecular formula is C14H16N2O2. The van der Waals surface area contributed by atoms with Crippen molar-refractivity contribution in [2.24, 2.45) is 7.05 Å². The first-order valence-corrected chi connectivity index (χ1v) is 6.01. The van der Waals surface area contributed by atoms with Crippen LogP contribution in [0.4, 0.5) is 0 Å². The van der Waals surface area contributed by atoms with Gasteiger partial charge in [0.25, 0.3) is 0 Å². The monoisotopic (exact) mass is 244 g/mol. The fraction of sp³-hybridized carbons (Fsp3) is 0.286. The number of nitrogens with zero attached hydrogens (tertiary/aromatic N) is 2. The maximum absolute atomic E-state index is 9.90. The lowest BCUT2D eigenvalue weighted by Crippen LogP contribution is -2.16. The molecule has 2 aromatic rings. The topological polar surface area (TPSA) is 48.6 Å². The molecule has 0 saturated heterocycles. The molecule has 0 unspecified atom stereocenters. The summed E-state index contributed by atoms with van der Waals surface area (Å²) in [5.41, 5.74) is 2.95. The molecule has 3 rings (SSSR count). The molecule has 0 bridgehead atoms. The largest absolute Gasteiger partial charge is 0.494 e. The minimum Gasteiger partial charge on any atom is -0.494 e. The number of aromatic hydroxyl groups is 2. The summed E-state index contributed by atoms with van der Waals surface area (Å²) in [6, 6.07) is 10.2. The van der Waals surface area contributed by atoms with Crippen molar-refractivity contribution in [3.05, 3.63) is 47.0 Å². The van der Waals surface area contributed by atoms with Gasteiger partial charge in [0.1, 0.15) is 0 Å². The van der Waals surface area contributed by atoms with Crippen LogP contribution < -0.4 is 0 Å². The first-order chi connectivity index (χ1) is 8.66. The predicted molar refractivity (Wildman–Crippen MR) is 68.1 cm³/mol. The molecule has 0 amide bonds. The fourth-order valence-corrected chi connectivity index (χ4v) is 2.56. The molecule has 0 radical (unpaired) electrons. The van der Waals surface area contributed by atoms with E-state index in [1.807, 2.05) is 18.2 Å². The Balaban J connectivity index is 1.80. The summed E-state index contributed by atoms with van der Waals surface area (Å²) < 4.78 is 1.44. The van der Waals surface area contributed by atoms with E-state index >= 15 is 0 Å². The first-order valence-electron chi connectivity index (χ1n) is 6.01. The lowest BCUT2D eigenvalue weighted by molar-refractivity contribution is 0.264. The third-order valence-corrected chi connectivity index (χ3v) is 3.55. The van der Waals surface area contributed by atoms with Crippen LogP contribution in [0.1, 0.15) is 16.7 Å². The van der Waals surface area contributed by atoms with Crippen LogP contribution in [-0.2, 0) is 26.7 Å². The summed E-state index contributed by atoms with van der Waals surface area (Å²) in [6.07, 6.45) is 0. The highest BCUT2D eigenvalue weighted by molar-refractivity contribution is 5.47. The van der Waals surface area contributed by atoms with Crippen molar-refractivity contribution in [1.29, 1.82) is 0 Å². The van der Waals surface area contributed by atoms with Gasteiger partial charge in [-0.05, 0) is 5.56 Å². The molecule has 4 heteroatoms. The molecule has 1 aromatic heterocycles. The molecule has 0 atom stereocenters. The molecular weight excluding hydrogens is 228 g/mol. The van der Waals surface area contributed by atoms with Crippen LogP contribution in [0.25, 0.3) is 0 Å². The zero-order valence-electron chi connectivity index (χ0n) is 10.3. The van der Waals surface area contributed by atoms with Gasteiger partial charge in [0, 0.05) is 37.8 Å². The van der Waals surface area contributed by atoms with E-state index in [1.54, 1.807) is 7.05 Å². The molecule has 1 aromatic carbocycles. The van der Waals surface area contributed by atoms with Gasteiger partial charge in [0.2, 0.25) is 0 Å². The van der Waals surface area contributed by atoms with Gasteiger partial charge in [-0.3, -0.25) is 9.47 Å². The molecule has 18 heavy (non-hydrogen) atoms. The van der Waals surface area contributed by atoms with Crippen molar-refractivity contribution < 1.29 is 10.2 Å². The standard InChI is InChI=1S/C14H16N2O2/c1-15-13(17)11-8-16(9-12(11)14(15)18)7-10-5-3-2-4-6-10/h2-6,17-18H,7-9H2,1H3. The summed E-state index contributed by atoms with van der Waals surface area (Å²) in [4.78, 5) is 2.21. The van der Waals surface area contributed by atoms with Crippen molar-refractivity contribution in [2.45, 2.75) is 19.6 Å². The zero-order chi connectivity index (χ0) is 12.7. The van der Waals surface area contributed by atoms with Crippen molar-refractivity contribution >= 4 is 0 Å². The Bertz CT molecular complexity index is 546. The molecule has 4 nitrogen and oxygen atoms in total. The molecule has 1 aliphatic rings. The van der Waals surface area contributed by atoms with Crippen LogP contribution in [0, 0.1) is 0 Å².